The second-order valence-electron chi connectivity index (χ2n) is 5.06. The molecule has 8 N–H and O–H groups in total. The summed E-state index contributed by atoms with van der Waals surface area (Å²) in [4.78, 5) is 0. The predicted molar refractivity (Wildman–Crippen MR) is 94.4 cm³/mol. The predicted octanol–water partition coefficient (Wildman–Crippen LogP) is 2.09. The van der Waals surface area contributed by atoms with Crippen molar-refractivity contribution >= 4 is 28.8 Å². The lowest BCUT2D eigenvalue weighted by atomic mass is 10.0. The van der Waals surface area contributed by atoms with Gasteiger partial charge >= 0.3 is 0 Å². The van der Waals surface area contributed by atoms with Crippen LogP contribution in [0.1, 0.15) is 11.1 Å². The van der Waals surface area contributed by atoms with E-state index in [9.17, 15) is 0 Å². The number of rotatable bonds is 6. The number of aliphatic hydroxyl groups excluding tert-OH is 1. The lowest BCUT2D eigenvalue weighted by molar-refractivity contribution is 0.300. The fourth-order valence-electron chi connectivity index (χ4n) is 2.14. The van der Waals surface area contributed by atoms with E-state index in [0.29, 0.717) is 24.3 Å². The van der Waals surface area contributed by atoms with E-state index in [-0.39, 0.29) is 6.61 Å². The number of benzene rings is 2. The van der Waals surface area contributed by atoms with Gasteiger partial charge in [-0.3, -0.25) is 0 Å². The van der Waals surface area contributed by atoms with Gasteiger partial charge in [-0.25, -0.2) is 0 Å². The highest BCUT2D eigenvalue weighted by Gasteiger charge is 2.03. The summed E-state index contributed by atoms with van der Waals surface area (Å²) < 4.78 is 0. The summed E-state index contributed by atoms with van der Waals surface area (Å²) in [5.41, 5.74) is 22.4. The SMILES string of the molecule is Nc1ccc(NCC=Cc2cc(N)c(CCO)cc2N)cc1. The normalized spacial score (nSPS) is 11.0. The standard InChI is InChI=1S/C17H22N4O/c18-14-3-5-15(6-4-14)21-8-1-2-12-10-17(20)13(7-9-22)11-16(12)19/h1-6,10-11,21-22H,7-9,18-20H2. The smallest absolute Gasteiger partial charge is 0.0472 e. The van der Waals surface area contributed by atoms with E-state index in [2.05, 4.69) is 5.32 Å². The van der Waals surface area contributed by atoms with Gasteiger partial charge in [0.05, 0.1) is 0 Å². The van der Waals surface area contributed by atoms with Crippen molar-refractivity contribution in [2.24, 2.45) is 0 Å². The quantitative estimate of drug-likeness (QED) is 0.524. The van der Waals surface area contributed by atoms with Gasteiger partial charge in [0.15, 0.2) is 0 Å². The Morgan fingerprint density at radius 2 is 1.73 bits per heavy atom. The Hall–Kier alpha value is -2.66. The molecular formula is C17H22N4O. The summed E-state index contributed by atoms with van der Waals surface area (Å²) in [5.74, 6) is 0. The van der Waals surface area contributed by atoms with Crippen LogP contribution in [0, 0.1) is 0 Å². The molecule has 0 spiro atoms. The molecule has 5 heteroatoms. The zero-order valence-electron chi connectivity index (χ0n) is 12.4. The third-order valence-corrected chi connectivity index (χ3v) is 3.36. The molecule has 116 valence electrons. The highest BCUT2D eigenvalue weighted by molar-refractivity contribution is 5.71. The van der Waals surface area contributed by atoms with Crippen molar-refractivity contribution in [2.75, 3.05) is 35.7 Å². The van der Waals surface area contributed by atoms with Crippen LogP contribution in [0.4, 0.5) is 22.7 Å². The van der Waals surface area contributed by atoms with Crippen LogP contribution in [-0.4, -0.2) is 18.3 Å². The lowest BCUT2D eigenvalue weighted by Gasteiger charge is -2.09. The third-order valence-electron chi connectivity index (χ3n) is 3.36. The topological polar surface area (TPSA) is 110 Å². The Labute approximate surface area is 130 Å². The fraction of sp³-hybridized carbons (Fsp3) is 0.176. The molecule has 0 bridgehead atoms. The molecule has 0 saturated carbocycles. The van der Waals surface area contributed by atoms with Crippen molar-refractivity contribution in [3.05, 3.63) is 53.6 Å². The Bertz CT molecular complexity index is 650. The van der Waals surface area contributed by atoms with Gasteiger partial charge in [0.25, 0.3) is 0 Å². The van der Waals surface area contributed by atoms with Crippen LogP contribution >= 0.6 is 0 Å². The number of aliphatic hydroxyl groups is 1. The van der Waals surface area contributed by atoms with Gasteiger partial charge in [-0.1, -0.05) is 12.2 Å². The summed E-state index contributed by atoms with van der Waals surface area (Å²) in [7, 11) is 0. The maximum absolute atomic E-state index is 8.98. The van der Waals surface area contributed by atoms with Crippen molar-refractivity contribution in [1.29, 1.82) is 0 Å². The fourth-order valence-corrected chi connectivity index (χ4v) is 2.14. The maximum atomic E-state index is 8.98. The average molecular weight is 298 g/mol. The van der Waals surface area contributed by atoms with Gasteiger partial charge in [-0.05, 0) is 53.9 Å². The zero-order chi connectivity index (χ0) is 15.9. The minimum Gasteiger partial charge on any atom is -0.399 e. The van der Waals surface area contributed by atoms with Crippen LogP contribution in [-0.2, 0) is 6.42 Å². The van der Waals surface area contributed by atoms with Crippen molar-refractivity contribution in [1.82, 2.24) is 0 Å². The van der Waals surface area contributed by atoms with Crippen LogP contribution in [0.3, 0.4) is 0 Å². The average Bonchev–Trinajstić information content (AvgIpc) is 2.50. The molecular weight excluding hydrogens is 276 g/mol. The minimum absolute atomic E-state index is 0.0599. The molecule has 0 radical (unpaired) electrons. The molecule has 0 saturated heterocycles. The number of anilines is 4. The minimum atomic E-state index is 0.0599. The number of nitrogens with one attached hydrogen (secondary N) is 1. The molecule has 0 amide bonds. The van der Waals surface area contributed by atoms with Gasteiger partial charge in [-0.15, -0.1) is 0 Å². The van der Waals surface area contributed by atoms with E-state index in [1.165, 1.54) is 0 Å². The van der Waals surface area contributed by atoms with Crippen LogP contribution in [0.2, 0.25) is 0 Å². The highest BCUT2D eigenvalue weighted by Crippen LogP contribution is 2.22. The number of nitrogen functional groups attached to an aromatic ring is 3. The van der Waals surface area contributed by atoms with Crippen molar-refractivity contribution < 1.29 is 5.11 Å². The number of hydrogen-bond acceptors (Lipinski definition) is 5. The molecule has 0 aliphatic rings. The molecule has 2 aromatic carbocycles. The third kappa shape index (κ3) is 4.17. The van der Waals surface area contributed by atoms with E-state index in [0.717, 1.165) is 22.5 Å². The Morgan fingerprint density at radius 3 is 2.41 bits per heavy atom. The van der Waals surface area contributed by atoms with Crippen LogP contribution in [0.25, 0.3) is 6.08 Å². The van der Waals surface area contributed by atoms with Crippen molar-refractivity contribution in [2.45, 2.75) is 6.42 Å². The van der Waals surface area contributed by atoms with Crippen molar-refractivity contribution in [3.8, 4) is 0 Å². The Morgan fingerprint density at radius 1 is 1.00 bits per heavy atom. The van der Waals surface area contributed by atoms with Crippen LogP contribution in [0.5, 0.6) is 0 Å². The van der Waals surface area contributed by atoms with E-state index >= 15 is 0 Å². The second-order valence-corrected chi connectivity index (χ2v) is 5.06. The maximum Gasteiger partial charge on any atom is 0.0472 e. The molecule has 0 heterocycles. The second kappa shape index (κ2) is 7.38. The molecule has 0 aliphatic heterocycles. The van der Waals surface area contributed by atoms with Crippen LogP contribution in [0.15, 0.2) is 42.5 Å². The van der Waals surface area contributed by atoms with Crippen molar-refractivity contribution in [3.63, 3.8) is 0 Å². The first kappa shape index (κ1) is 15.7. The van der Waals surface area contributed by atoms with E-state index in [1.807, 2.05) is 48.6 Å². The molecule has 22 heavy (non-hydrogen) atoms. The highest BCUT2D eigenvalue weighted by atomic mass is 16.2. The van der Waals surface area contributed by atoms with Gasteiger partial charge in [0.1, 0.15) is 0 Å². The first-order valence-corrected chi connectivity index (χ1v) is 7.15. The number of nitrogens with two attached hydrogens (primary N) is 3. The van der Waals surface area contributed by atoms with Gasteiger partial charge in [-0.2, -0.15) is 0 Å². The van der Waals surface area contributed by atoms with Crippen LogP contribution < -0.4 is 22.5 Å². The summed E-state index contributed by atoms with van der Waals surface area (Å²) >= 11 is 0. The van der Waals surface area contributed by atoms with Gasteiger partial charge in [0, 0.05) is 35.9 Å². The molecule has 0 aliphatic carbocycles. The zero-order valence-corrected chi connectivity index (χ0v) is 12.4. The van der Waals surface area contributed by atoms with Gasteiger partial charge in [0.2, 0.25) is 0 Å². The molecule has 0 unspecified atom stereocenters. The molecule has 5 nitrogen and oxygen atoms in total. The molecule has 0 aromatic heterocycles. The first-order valence-electron chi connectivity index (χ1n) is 7.15. The van der Waals surface area contributed by atoms with E-state index in [1.54, 1.807) is 0 Å². The lowest BCUT2D eigenvalue weighted by Crippen LogP contribution is -2.02. The summed E-state index contributed by atoms with van der Waals surface area (Å²) in [6.07, 6.45) is 4.42. The Kier molecular flexibility index (Phi) is 5.27. The summed E-state index contributed by atoms with van der Waals surface area (Å²) in [6, 6.07) is 11.2. The molecule has 2 aromatic rings. The number of hydrogen-bond donors (Lipinski definition) is 5. The van der Waals surface area contributed by atoms with E-state index in [4.69, 9.17) is 22.3 Å². The summed E-state index contributed by atoms with van der Waals surface area (Å²) in [5, 5.41) is 12.2. The molecule has 0 atom stereocenters. The monoisotopic (exact) mass is 298 g/mol. The first-order chi connectivity index (χ1) is 10.6. The molecule has 0 fully saturated rings. The Balaban J connectivity index is 1.98. The summed E-state index contributed by atoms with van der Waals surface area (Å²) in [6.45, 7) is 0.728. The molecule has 2 rings (SSSR count). The van der Waals surface area contributed by atoms with E-state index < -0.39 is 0 Å². The largest absolute Gasteiger partial charge is 0.399 e. The van der Waals surface area contributed by atoms with Gasteiger partial charge < -0.3 is 27.6 Å².